The Labute approximate surface area is 201 Å². The molecule has 1 unspecified atom stereocenters. The highest BCUT2D eigenvalue weighted by atomic mass is 32.1. The van der Waals surface area contributed by atoms with Gasteiger partial charge in [0.05, 0.1) is 16.4 Å². The monoisotopic (exact) mass is 468 g/mol. The lowest BCUT2D eigenvalue weighted by Crippen LogP contribution is -2.46. The second-order valence-corrected chi connectivity index (χ2v) is 9.60. The van der Waals surface area contributed by atoms with Gasteiger partial charge >= 0.3 is 0 Å². The van der Waals surface area contributed by atoms with E-state index in [9.17, 15) is 4.79 Å². The Morgan fingerprint density at radius 3 is 2.94 bits per heavy atom. The maximum atomic E-state index is 13.0. The Hall–Kier alpha value is -3.62. The highest BCUT2D eigenvalue weighted by Gasteiger charge is 2.21. The van der Waals surface area contributed by atoms with Crippen LogP contribution in [0.3, 0.4) is 0 Å². The van der Waals surface area contributed by atoms with Gasteiger partial charge in [0, 0.05) is 60.2 Å². The van der Waals surface area contributed by atoms with E-state index in [1.54, 1.807) is 6.20 Å². The second-order valence-electron chi connectivity index (χ2n) is 8.51. The number of carbonyl (C=O) groups excluding carboxylic acids is 1. The van der Waals surface area contributed by atoms with Crippen LogP contribution < -0.4 is 10.6 Å². The van der Waals surface area contributed by atoms with Crippen molar-refractivity contribution in [3.05, 3.63) is 77.6 Å². The zero-order chi connectivity index (χ0) is 22.9. The highest BCUT2D eigenvalue weighted by molar-refractivity contribution is 7.21. The molecule has 3 aromatic heterocycles. The molecule has 1 aliphatic heterocycles. The number of aromatic nitrogens is 3. The molecule has 6 rings (SSSR count). The van der Waals surface area contributed by atoms with Gasteiger partial charge in [-0.1, -0.05) is 24.3 Å². The van der Waals surface area contributed by atoms with Gasteiger partial charge in [-0.3, -0.25) is 9.78 Å². The van der Waals surface area contributed by atoms with Crippen molar-refractivity contribution in [1.82, 2.24) is 25.2 Å². The number of benzene rings is 1. The van der Waals surface area contributed by atoms with Crippen LogP contribution in [-0.2, 0) is 0 Å². The molecule has 1 atom stereocenters. The van der Waals surface area contributed by atoms with Crippen LogP contribution in [0.2, 0.25) is 0 Å². The first-order chi connectivity index (χ1) is 16.7. The minimum Gasteiger partial charge on any atom is -0.348 e. The predicted molar refractivity (Wildman–Crippen MR) is 137 cm³/mol. The first kappa shape index (κ1) is 20.9. The van der Waals surface area contributed by atoms with Crippen LogP contribution in [0.25, 0.3) is 26.6 Å². The topological polar surface area (TPSA) is 83.0 Å². The van der Waals surface area contributed by atoms with Gasteiger partial charge in [-0.2, -0.15) is 0 Å². The van der Waals surface area contributed by atoms with Crippen LogP contribution in [-0.4, -0.2) is 58.0 Å². The maximum absolute atomic E-state index is 13.0. The van der Waals surface area contributed by atoms with Gasteiger partial charge in [0.1, 0.15) is 0 Å². The highest BCUT2D eigenvalue weighted by Crippen LogP contribution is 2.32. The molecule has 0 bridgehead atoms. The molecule has 2 N–H and O–H groups in total. The Morgan fingerprint density at radius 1 is 1.18 bits per heavy atom. The van der Waals surface area contributed by atoms with Crippen molar-refractivity contribution in [3.8, 4) is 0 Å². The average molecular weight is 469 g/mol. The number of thiophene rings is 1. The third kappa shape index (κ3) is 4.06. The van der Waals surface area contributed by atoms with Crippen LogP contribution in [0.15, 0.2) is 67.2 Å². The normalized spacial score (nSPS) is 18.3. The summed E-state index contributed by atoms with van der Waals surface area (Å²) in [5, 5.41) is 8.73. The molecule has 8 heteroatoms. The molecule has 7 nitrogen and oxygen atoms in total. The van der Waals surface area contributed by atoms with E-state index in [2.05, 4.69) is 51.0 Å². The van der Waals surface area contributed by atoms with Crippen molar-refractivity contribution in [1.29, 1.82) is 0 Å². The SMILES string of the molecule is O=C(c1cc2c(ccc3cnc(NC4C=C(c5cccnc5)C=CC4)nc32)s1)N1CCNCC1. The third-order valence-electron chi connectivity index (χ3n) is 6.24. The lowest BCUT2D eigenvalue weighted by molar-refractivity contribution is 0.0741. The van der Waals surface area contributed by atoms with Crippen molar-refractivity contribution < 1.29 is 4.79 Å². The Kier molecular flexibility index (Phi) is 5.52. The van der Waals surface area contributed by atoms with Crippen molar-refractivity contribution >= 4 is 49.8 Å². The molecule has 4 aromatic rings. The number of hydrogen-bond acceptors (Lipinski definition) is 7. The second kappa shape index (κ2) is 8.96. The number of rotatable bonds is 4. The summed E-state index contributed by atoms with van der Waals surface area (Å²) in [4.78, 5) is 29.4. The first-order valence-corrected chi connectivity index (χ1v) is 12.3. The van der Waals surface area contributed by atoms with E-state index in [-0.39, 0.29) is 11.9 Å². The molecule has 2 aliphatic rings. The lowest BCUT2D eigenvalue weighted by atomic mass is 9.98. The van der Waals surface area contributed by atoms with E-state index in [0.717, 1.165) is 69.6 Å². The van der Waals surface area contributed by atoms with Crippen LogP contribution in [0.5, 0.6) is 0 Å². The van der Waals surface area contributed by atoms with Crippen molar-refractivity contribution in [3.63, 3.8) is 0 Å². The fraction of sp³-hybridized carbons (Fsp3) is 0.231. The molecule has 4 heterocycles. The lowest BCUT2D eigenvalue weighted by Gasteiger charge is -2.26. The van der Waals surface area contributed by atoms with Crippen LogP contribution in [0.4, 0.5) is 5.95 Å². The summed E-state index contributed by atoms with van der Waals surface area (Å²) in [5.74, 6) is 0.689. The summed E-state index contributed by atoms with van der Waals surface area (Å²) in [6.07, 6.45) is 12.8. The van der Waals surface area contributed by atoms with Crippen molar-refractivity contribution in [2.24, 2.45) is 0 Å². The molecule has 1 saturated heterocycles. The van der Waals surface area contributed by atoms with Gasteiger partial charge in [-0.25, -0.2) is 9.97 Å². The summed E-state index contributed by atoms with van der Waals surface area (Å²) in [6, 6.07) is 10.2. The van der Waals surface area contributed by atoms with Gasteiger partial charge in [0.15, 0.2) is 0 Å². The molecule has 1 aliphatic carbocycles. The number of anilines is 1. The van der Waals surface area contributed by atoms with Gasteiger partial charge in [-0.15, -0.1) is 11.3 Å². The first-order valence-electron chi connectivity index (χ1n) is 11.5. The smallest absolute Gasteiger partial charge is 0.264 e. The summed E-state index contributed by atoms with van der Waals surface area (Å²) in [6.45, 7) is 3.17. The number of amides is 1. The van der Waals surface area contributed by atoms with Crippen LogP contribution >= 0.6 is 11.3 Å². The van der Waals surface area contributed by atoms with E-state index in [0.29, 0.717) is 5.95 Å². The fourth-order valence-electron chi connectivity index (χ4n) is 4.48. The van der Waals surface area contributed by atoms with E-state index in [4.69, 9.17) is 4.98 Å². The number of nitrogens with one attached hydrogen (secondary N) is 2. The van der Waals surface area contributed by atoms with Crippen LogP contribution in [0.1, 0.15) is 21.7 Å². The van der Waals surface area contributed by atoms with Gasteiger partial charge in [0.2, 0.25) is 5.95 Å². The molecule has 1 aromatic carbocycles. The van der Waals surface area contributed by atoms with E-state index in [1.807, 2.05) is 35.5 Å². The Morgan fingerprint density at radius 2 is 2.09 bits per heavy atom. The number of fused-ring (bicyclic) bond motifs is 3. The number of piperazine rings is 1. The Balaban J connectivity index is 1.30. The Bertz CT molecular complexity index is 1420. The largest absolute Gasteiger partial charge is 0.348 e. The number of nitrogens with zero attached hydrogens (tertiary/aromatic N) is 4. The molecular formula is C26H24N6OS. The zero-order valence-corrected chi connectivity index (χ0v) is 19.4. The molecule has 0 spiro atoms. The number of allylic oxidation sites excluding steroid dienone is 2. The van der Waals surface area contributed by atoms with Crippen LogP contribution in [0, 0.1) is 0 Å². The quantitative estimate of drug-likeness (QED) is 0.469. The number of pyridine rings is 1. The third-order valence-corrected chi connectivity index (χ3v) is 7.33. The van der Waals surface area contributed by atoms with Gasteiger partial charge < -0.3 is 15.5 Å². The van der Waals surface area contributed by atoms with Crippen molar-refractivity contribution in [2.45, 2.75) is 12.5 Å². The average Bonchev–Trinajstić information content (AvgIpc) is 3.34. The summed E-state index contributed by atoms with van der Waals surface area (Å²) in [5.41, 5.74) is 3.09. The minimum atomic E-state index is 0.0872. The van der Waals surface area contributed by atoms with Gasteiger partial charge in [0.25, 0.3) is 5.91 Å². The van der Waals surface area contributed by atoms with E-state index >= 15 is 0 Å². The number of hydrogen-bond donors (Lipinski definition) is 2. The molecule has 170 valence electrons. The standard InChI is InChI=1S/C26H24N6OS/c33-25(32-11-9-27-10-12-32)23-14-21-22(34-23)7-6-19-16-29-26(31-24(19)21)30-20-5-1-3-17(13-20)18-4-2-8-28-15-18/h1-4,6-8,13-16,20,27H,5,9-12H2,(H,29,30,31). The van der Waals surface area contributed by atoms with E-state index in [1.165, 1.54) is 11.3 Å². The van der Waals surface area contributed by atoms with Crippen molar-refractivity contribution in [2.75, 3.05) is 31.5 Å². The van der Waals surface area contributed by atoms with Gasteiger partial charge in [-0.05, 0) is 41.8 Å². The summed E-state index contributed by atoms with van der Waals surface area (Å²) < 4.78 is 1.06. The molecule has 0 saturated carbocycles. The molecular weight excluding hydrogens is 444 g/mol. The molecule has 1 amide bonds. The molecule has 1 fully saturated rings. The maximum Gasteiger partial charge on any atom is 0.264 e. The zero-order valence-electron chi connectivity index (χ0n) is 18.6. The summed E-state index contributed by atoms with van der Waals surface area (Å²) >= 11 is 1.54. The summed E-state index contributed by atoms with van der Waals surface area (Å²) in [7, 11) is 0. The molecule has 0 radical (unpaired) electrons. The van der Waals surface area contributed by atoms with E-state index < -0.39 is 0 Å². The predicted octanol–water partition coefficient (Wildman–Crippen LogP) is 4.11. The fourth-order valence-corrected chi connectivity index (χ4v) is 5.51. The number of carbonyl (C=O) groups is 1. The molecule has 34 heavy (non-hydrogen) atoms. The minimum absolute atomic E-state index is 0.0872.